The number of hydrogen-bond acceptors (Lipinski definition) is 4. The fraction of sp³-hybridized carbons (Fsp3) is 0.0800. The molecule has 0 aliphatic rings. The van der Waals surface area contributed by atoms with Gasteiger partial charge in [-0.3, -0.25) is 4.79 Å². The molecule has 154 valence electrons. The quantitative estimate of drug-likeness (QED) is 0.385. The Kier molecular flexibility index (Phi) is 5.96. The highest BCUT2D eigenvalue weighted by Gasteiger charge is 2.08. The van der Waals surface area contributed by atoms with Crippen LogP contribution in [0.1, 0.15) is 21.5 Å². The molecule has 1 aromatic heterocycles. The third-order valence-electron chi connectivity index (χ3n) is 4.81. The summed E-state index contributed by atoms with van der Waals surface area (Å²) in [6.07, 6.45) is 1.72. The summed E-state index contributed by atoms with van der Waals surface area (Å²) in [4.78, 5) is 21.4. The van der Waals surface area contributed by atoms with E-state index < -0.39 is 0 Å². The van der Waals surface area contributed by atoms with Crippen LogP contribution in [0.5, 0.6) is 0 Å². The van der Waals surface area contributed by atoms with Crippen molar-refractivity contribution in [2.24, 2.45) is 0 Å². The molecular weight excluding hydrogens is 408 g/mol. The van der Waals surface area contributed by atoms with Crippen molar-refractivity contribution >= 4 is 34.7 Å². The molecule has 3 aromatic carbocycles. The van der Waals surface area contributed by atoms with E-state index in [4.69, 9.17) is 11.6 Å². The van der Waals surface area contributed by atoms with Crippen molar-refractivity contribution in [3.05, 3.63) is 101 Å². The van der Waals surface area contributed by atoms with E-state index >= 15 is 0 Å². The molecule has 0 fully saturated rings. The highest BCUT2D eigenvalue weighted by atomic mass is 35.5. The van der Waals surface area contributed by atoms with E-state index in [1.54, 1.807) is 30.5 Å². The molecule has 0 bridgehead atoms. The number of nitrogens with one attached hydrogen (secondary N) is 2. The van der Waals surface area contributed by atoms with Crippen LogP contribution in [0.3, 0.4) is 0 Å². The van der Waals surface area contributed by atoms with Crippen LogP contribution in [-0.4, -0.2) is 15.9 Å². The van der Waals surface area contributed by atoms with Crippen LogP contribution in [0.2, 0.25) is 5.02 Å². The van der Waals surface area contributed by atoms with Gasteiger partial charge in [0.1, 0.15) is 5.82 Å². The molecule has 1 heterocycles. The number of aromatic nitrogens is 2. The standard InChI is InChI=1S/C25H21ClN4O/c1-16-3-6-18(7-4-16)24-27-14-13-23(30-24)28-20-11-8-19(9-12-20)25(31)29-21-10-5-17(2)22(26)15-21/h3-15H,1-2H3,(H,29,31)(H,27,28,30). The Hall–Kier alpha value is -3.70. The van der Waals surface area contributed by atoms with Gasteiger partial charge in [-0.1, -0.05) is 47.5 Å². The monoisotopic (exact) mass is 428 g/mol. The van der Waals surface area contributed by atoms with Crippen LogP contribution in [0, 0.1) is 13.8 Å². The zero-order valence-electron chi connectivity index (χ0n) is 17.2. The summed E-state index contributed by atoms with van der Waals surface area (Å²) in [7, 11) is 0. The molecule has 0 unspecified atom stereocenters. The lowest BCUT2D eigenvalue weighted by Gasteiger charge is -2.09. The van der Waals surface area contributed by atoms with E-state index in [0.29, 0.717) is 27.9 Å². The van der Waals surface area contributed by atoms with Crippen molar-refractivity contribution in [1.29, 1.82) is 0 Å². The Balaban J connectivity index is 1.45. The summed E-state index contributed by atoms with van der Waals surface area (Å²) in [5, 5.41) is 6.73. The van der Waals surface area contributed by atoms with Crippen molar-refractivity contribution in [3.8, 4) is 11.4 Å². The summed E-state index contributed by atoms with van der Waals surface area (Å²) in [5.41, 5.74) is 5.14. The molecule has 2 N–H and O–H groups in total. The molecule has 1 amide bonds. The lowest BCUT2D eigenvalue weighted by atomic mass is 10.1. The minimum absolute atomic E-state index is 0.199. The number of amides is 1. The lowest BCUT2D eigenvalue weighted by molar-refractivity contribution is 0.102. The average Bonchev–Trinajstić information content (AvgIpc) is 2.77. The Bertz CT molecular complexity index is 1220. The number of halogens is 1. The molecular formula is C25H21ClN4O. The molecule has 4 aromatic rings. The highest BCUT2D eigenvalue weighted by Crippen LogP contribution is 2.22. The first kappa shape index (κ1) is 20.6. The van der Waals surface area contributed by atoms with Gasteiger partial charge in [-0.05, 0) is 61.9 Å². The van der Waals surface area contributed by atoms with Gasteiger partial charge in [0.05, 0.1) is 0 Å². The number of benzene rings is 3. The largest absolute Gasteiger partial charge is 0.340 e. The van der Waals surface area contributed by atoms with E-state index in [1.807, 2.05) is 62.4 Å². The molecule has 6 heteroatoms. The maximum atomic E-state index is 12.5. The van der Waals surface area contributed by atoms with Crippen LogP contribution in [0.4, 0.5) is 17.2 Å². The van der Waals surface area contributed by atoms with Crippen LogP contribution in [-0.2, 0) is 0 Å². The van der Waals surface area contributed by atoms with Gasteiger partial charge in [0, 0.05) is 33.7 Å². The zero-order chi connectivity index (χ0) is 21.8. The van der Waals surface area contributed by atoms with Crippen LogP contribution >= 0.6 is 11.6 Å². The van der Waals surface area contributed by atoms with E-state index in [0.717, 1.165) is 16.8 Å². The second-order valence-corrected chi connectivity index (χ2v) is 7.66. The molecule has 0 radical (unpaired) electrons. The van der Waals surface area contributed by atoms with Crippen molar-refractivity contribution in [3.63, 3.8) is 0 Å². The van der Waals surface area contributed by atoms with Gasteiger partial charge in [-0.2, -0.15) is 0 Å². The van der Waals surface area contributed by atoms with Crippen molar-refractivity contribution in [1.82, 2.24) is 9.97 Å². The molecule has 0 saturated carbocycles. The third-order valence-corrected chi connectivity index (χ3v) is 5.22. The van der Waals surface area contributed by atoms with Gasteiger partial charge in [0.25, 0.3) is 5.91 Å². The molecule has 4 rings (SSSR count). The smallest absolute Gasteiger partial charge is 0.255 e. The lowest BCUT2D eigenvalue weighted by Crippen LogP contribution is -2.11. The van der Waals surface area contributed by atoms with E-state index in [9.17, 15) is 4.79 Å². The summed E-state index contributed by atoms with van der Waals surface area (Å²) in [5.74, 6) is 1.13. The SMILES string of the molecule is Cc1ccc(-c2nccc(Nc3ccc(C(=O)Nc4ccc(C)c(Cl)c4)cc3)n2)cc1. The second-order valence-electron chi connectivity index (χ2n) is 7.25. The van der Waals surface area contributed by atoms with Gasteiger partial charge in [0.2, 0.25) is 0 Å². The van der Waals surface area contributed by atoms with E-state index in [1.165, 1.54) is 5.56 Å². The highest BCUT2D eigenvalue weighted by molar-refractivity contribution is 6.31. The first-order valence-corrected chi connectivity index (χ1v) is 10.2. The summed E-state index contributed by atoms with van der Waals surface area (Å²) in [6, 6.07) is 22.5. The molecule has 0 aliphatic carbocycles. The van der Waals surface area contributed by atoms with Crippen LogP contribution < -0.4 is 10.6 Å². The third kappa shape index (κ3) is 5.08. The number of aryl methyl sites for hydroxylation is 2. The molecule has 0 spiro atoms. The topological polar surface area (TPSA) is 66.9 Å². The molecule has 0 saturated heterocycles. The maximum absolute atomic E-state index is 12.5. The van der Waals surface area contributed by atoms with Gasteiger partial charge in [0.15, 0.2) is 5.82 Å². The molecule has 31 heavy (non-hydrogen) atoms. The normalized spacial score (nSPS) is 10.5. The van der Waals surface area contributed by atoms with E-state index in [-0.39, 0.29) is 5.91 Å². The molecule has 0 aliphatic heterocycles. The number of nitrogens with zero attached hydrogens (tertiary/aromatic N) is 2. The van der Waals surface area contributed by atoms with Gasteiger partial charge in [-0.25, -0.2) is 9.97 Å². The first-order valence-electron chi connectivity index (χ1n) is 9.82. The van der Waals surface area contributed by atoms with Crippen molar-refractivity contribution in [2.75, 3.05) is 10.6 Å². The summed E-state index contributed by atoms with van der Waals surface area (Å²) < 4.78 is 0. The minimum Gasteiger partial charge on any atom is -0.340 e. The Morgan fingerprint density at radius 2 is 1.58 bits per heavy atom. The van der Waals surface area contributed by atoms with Crippen LogP contribution in [0.15, 0.2) is 79.0 Å². The van der Waals surface area contributed by atoms with Gasteiger partial charge < -0.3 is 10.6 Å². The Morgan fingerprint density at radius 3 is 2.29 bits per heavy atom. The Labute approximate surface area is 186 Å². The fourth-order valence-electron chi connectivity index (χ4n) is 3.00. The number of hydrogen-bond donors (Lipinski definition) is 2. The Morgan fingerprint density at radius 1 is 0.871 bits per heavy atom. The number of anilines is 3. The summed E-state index contributed by atoms with van der Waals surface area (Å²) >= 11 is 6.13. The molecule has 0 atom stereocenters. The zero-order valence-corrected chi connectivity index (χ0v) is 17.9. The van der Waals surface area contributed by atoms with Gasteiger partial charge in [-0.15, -0.1) is 0 Å². The maximum Gasteiger partial charge on any atom is 0.255 e. The number of carbonyl (C=O) groups is 1. The van der Waals surface area contributed by atoms with Crippen molar-refractivity contribution in [2.45, 2.75) is 13.8 Å². The van der Waals surface area contributed by atoms with Crippen LogP contribution in [0.25, 0.3) is 11.4 Å². The summed E-state index contributed by atoms with van der Waals surface area (Å²) in [6.45, 7) is 3.96. The fourth-order valence-corrected chi connectivity index (χ4v) is 3.18. The van der Waals surface area contributed by atoms with E-state index in [2.05, 4.69) is 20.6 Å². The predicted molar refractivity (Wildman–Crippen MR) is 126 cm³/mol. The van der Waals surface area contributed by atoms with Gasteiger partial charge >= 0.3 is 0 Å². The van der Waals surface area contributed by atoms with Crippen molar-refractivity contribution < 1.29 is 4.79 Å². The number of rotatable bonds is 5. The number of carbonyl (C=O) groups excluding carboxylic acids is 1. The predicted octanol–water partition coefficient (Wildman–Crippen LogP) is 6.41. The minimum atomic E-state index is -0.199. The average molecular weight is 429 g/mol. The first-order chi connectivity index (χ1) is 15.0. The molecule has 5 nitrogen and oxygen atoms in total. The second kappa shape index (κ2) is 8.98.